The first-order valence-corrected chi connectivity index (χ1v) is 6.55. The zero-order valence-corrected chi connectivity index (χ0v) is 11.3. The molecule has 1 fully saturated rings. The van der Waals surface area contributed by atoms with Crippen LogP contribution >= 0.6 is 0 Å². The molecule has 0 aliphatic heterocycles. The predicted molar refractivity (Wildman–Crippen MR) is 75.0 cm³/mol. The summed E-state index contributed by atoms with van der Waals surface area (Å²) >= 11 is 0. The maximum absolute atomic E-state index is 11.0. The van der Waals surface area contributed by atoms with Crippen molar-refractivity contribution in [2.75, 3.05) is 11.1 Å². The summed E-state index contributed by atoms with van der Waals surface area (Å²) in [5, 5.41) is 14.2. The van der Waals surface area contributed by atoms with E-state index in [-0.39, 0.29) is 23.0 Å². The summed E-state index contributed by atoms with van der Waals surface area (Å²) in [7, 11) is 0. The zero-order valence-electron chi connectivity index (χ0n) is 11.3. The molecule has 1 saturated carbocycles. The SMILES string of the molecule is CC1(C)CCCC(Nc2nc(N)ccc2[N+](=O)[O-])C1. The van der Waals surface area contributed by atoms with Crippen molar-refractivity contribution in [3.8, 4) is 0 Å². The fourth-order valence-electron chi connectivity index (χ4n) is 2.74. The van der Waals surface area contributed by atoms with Crippen LogP contribution in [0.1, 0.15) is 39.5 Å². The summed E-state index contributed by atoms with van der Waals surface area (Å²) in [5.74, 6) is 0.580. The number of hydrogen-bond donors (Lipinski definition) is 2. The monoisotopic (exact) mass is 264 g/mol. The summed E-state index contributed by atoms with van der Waals surface area (Å²) < 4.78 is 0. The molecular weight excluding hydrogens is 244 g/mol. The Kier molecular flexibility index (Phi) is 3.59. The first-order chi connectivity index (χ1) is 8.87. The lowest BCUT2D eigenvalue weighted by Crippen LogP contribution is -2.32. The highest BCUT2D eigenvalue weighted by Gasteiger charge is 2.29. The molecule has 1 atom stereocenters. The van der Waals surface area contributed by atoms with Crippen LogP contribution < -0.4 is 11.1 Å². The minimum absolute atomic E-state index is 0.0161. The van der Waals surface area contributed by atoms with E-state index >= 15 is 0 Å². The van der Waals surface area contributed by atoms with E-state index in [2.05, 4.69) is 24.1 Å². The quantitative estimate of drug-likeness (QED) is 0.646. The lowest BCUT2D eigenvalue weighted by molar-refractivity contribution is -0.384. The second-order valence-electron chi connectivity index (χ2n) is 5.96. The van der Waals surface area contributed by atoms with Crippen molar-refractivity contribution in [3.63, 3.8) is 0 Å². The van der Waals surface area contributed by atoms with Crippen molar-refractivity contribution in [1.82, 2.24) is 4.98 Å². The highest BCUT2D eigenvalue weighted by molar-refractivity contribution is 5.59. The number of nitro groups is 1. The van der Waals surface area contributed by atoms with Gasteiger partial charge in [-0.2, -0.15) is 0 Å². The molecule has 19 heavy (non-hydrogen) atoms. The summed E-state index contributed by atoms with van der Waals surface area (Å²) in [4.78, 5) is 14.6. The maximum Gasteiger partial charge on any atom is 0.311 e. The second kappa shape index (κ2) is 5.03. The Balaban J connectivity index is 2.18. The molecule has 6 heteroatoms. The van der Waals surface area contributed by atoms with Crippen LogP contribution in [0.5, 0.6) is 0 Å². The molecule has 2 rings (SSSR count). The fourth-order valence-corrected chi connectivity index (χ4v) is 2.74. The molecular formula is C13H20N4O2. The Hall–Kier alpha value is -1.85. The van der Waals surface area contributed by atoms with Crippen LogP contribution in [0.3, 0.4) is 0 Å². The number of rotatable bonds is 3. The Morgan fingerprint density at radius 3 is 2.89 bits per heavy atom. The third-order valence-corrected chi connectivity index (χ3v) is 3.64. The molecule has 1 aromatic heterocycles. The van der Waals surface area contributed by atoms with E-state index in [0.717, 1.165) is 19.3 Å². The number of anilines is 2. The van der Waals surface area contributed by atoms with Crippen molar-refractivity contribution in [1.29, 1.82) is 0 Å². The maximum atomic E-state index is 11.0. The Bertz CT molecular complexity index is 488. The summed E-state index contributed by atoms with van der Waals surface area (Å²) in [6.07, 6.45) is 4.32. The smallest absolute Gasteiger partial charge is 0.311 e. The van der Waals surface area contributed by atoms with Gasteiger partial charge >= 0.3 is 5.69 Å². The topological polar surface area (TPSA) is 94.1 Å². The number of nitrogens with two attached hydrogens (primary N) is 1. The lowest BCUT2D eigenvalue weighted by Gasteiger charge is -2.35. The van der Waals surface area contributed by atoms with Gasteiger partial charge in [-0.05, 0) is 30.7 Å². The zero-order chi connectivity index (χ0) is 14.0. The molecule has 0 bridgehead atoms. The van der Waals surface area contributed by atoms with Gasteiger partial charge in [-0.3, -0.25) is 10.1 Å². The molecule has 1 aromatic rings. The molecule has 6 nitrogen and oxygen atoms in total. The summed E-state index contributed by atoms with van der Waals surface area (Å²) in [5.41, 5.74) is 5.87. The van der Waals surface area contributed by atoms with Crippen LogP contribution in [0, 0.1) is 15.5 Å². The van der Waals surface area contributed by atoms with Crippen LogP contribution in [0.2, 0.25) is 0 Å². The number of hydrogen-bond acceptors (Lipinski definition) is 5. The average molecular weight is 264 g/mol. The third-order valence-electron chi connectivity index (χ3n) is 3.64. The average Bonchev–Trinajstić information content (AvgIpc) is 2.27. The number of aromatic nitrogens is 1. The molecule has 0 aromatic carbocycles. The number of nitrogen functional groups attached to an aromatic ring is 1. The van der Waals surface area contributed by atoms with E-state index in [1.54, 1.807) is 0 Å². The van der Waals surface area contributed by atoms with Gasteiger partial charge in [0.2, 0.25) is 5.82 Å². The number of pyridine rings is 1. The molecule has 1 unspecified atom stereocenters. The largest absolute Gasteiger partial charge is 0.384 e. The van der Waals surface area contributed by atoms with E-state index in [0.29, 0.717) is 5.82 Å². The normalized spacial score (nSPS) is 21.9. The molecule has 104 valence electrons. The van der Waals surface area contributed by atoms with Crippen LogP contribution in [-0.4, -0.2) is 15.9 Å². The summed E-state index contributed by atoms with van der Waals surface area (Å²) in [6.45, 7) is 4.45. The minimum Gasteiger partial charge on any atom is -0.384 e. The van der Waals surface area contributed by atoms with E-state index in [9.17, 15) is 10.1 Å². The van der Waals surface area contributed by atoms with Gasteiger partial charge in [-0.15, -0.1) is 0 Å². The van der Waals surface area contributed by atoms with Gasteiger partial charge in [0, 0.05) is 12.1 Å². The van der Waals surface area contributed by atoms with Crippen LogP contribution in [0.25, 0.3) is 0 Å². The molecule has 0 amide bonds. The molecule has 1 aliphatic carbocycles. The van der Waals surface area contributed by atoms with Gasteiger partial charge in [0.1, 0.15) is 5.82 Å². The van der Waals surface area contributed by atoms with Crippen LogP contribution in [0.15, 0.2) is 12.1 Å². The Morgan fingerprint density at radius 2 is 2.26 bits per heavy atom. The van der Waals surface area contributed by atoms with Crippen LogP contribution in [-0.2, 0) is 0 Å². The van der Waals surface area contributed by atoms with Gasteiger partial charge in [0.15, 0.2) is 0 Å². The minimum atomic E-state index is -0.428. The van der Waals surface area contributed by atoms with E-state index in [4.69, 9.17) is 5.73 Å². The van der Waals surface area contributed by atoms with Gasteiger partial charge in [-0.1, -0.05) is 20.3 Å². The van der Waals surface area contributed by atoms with Crippen molar-refractivity contribution in [2.24, 2.45) is 5.41 Å². The van der Waals surface area contributed by atoms with E-state index < -0.39 is 4.92 Å². The highest BCUT2D eigenvalue weighted by Crippen LogP contribution is 2.37. The first-order valence-electron chi connectivity index (χ1n) is 6.55. The van der Waals surface area contributed by atoms with Crippen molar-refractivity contribution >= 4 is 17.3 Å². The van der Waals surface area contributed by atoms with E-state index in [1.807, 2.05) is 0 Å². The molecule has 1 aliphatic rings. The predicted octanol–water partition coefficient (Wildman–Crippen LogP) is 2.95. The number of nitrogens with zero attached hydrogens (tertiary/aromatic N) is 2. The van der Waals surface area contributed by atoms with Gasteiger partial charge in [-0.25, -0.2) is 4.98 Å². The number of nitrogens with one attached hydrogen (secondary N) is 1. The second-order valence-corrected chi connectivity index (χ2v) is 5.96. The van der Waals surface area contributed by atoms with Crippen molar-refractivity contribution < 1.29 is 4.92 Å². The Morgan fingerprint density at radius 1 is 1.53 bits per heavy atom. The van der Waals surface area contributed by atoms with Gasteiger partial charge < -0.3 is 11.1 Å². The van der Waals surface area contributed by atoms with Crippen molar-refractivity contribution in [2.45, 2.75) is 45.6 Å². The molecule has 0 radical (unpaired) electrons. The Labute approximate surface area is 112 Å². The first kappa shape index (κ1) is 13.6. The standard InChI is InChI=1S/C13H20N4O2/c1-13(2)7-3-4-9(8-13)15-12-10(17(18)19)5-6-11(14)16-12/h5-6,9H,3-4,7-8H2,1-2H3,(H3,14,15,16). The molecule has 1 heterocycles. The van der Waals surface area contributed by atoms with Gasteiger partial charge in [0.25, 0.3) is 0 Å². The molecule has 0 saturated heterocycles. The molecule has 0 spiro atoms. The van der Waals surface area contributed by atoms with Gasteiger partial charge in [0.05, 0.1) is 4.92 Å². The summed E-state index contributed by atoms with van der Waals surface area (Å²) in [6, 6.07) is 3.07. The third kappa shape index (κ3) is 3.33. The lowest BCUT2D eigenvalue weighted by atomic mass is 9.75. The fraction of sp³-hybridized carbons (Fsp3) is 0.615. The highest BCUT2D eigenvalue weighted by atomic mass is 16.6. The molecule has 3 N–H and O–H groups in total. The van der Waals surface area contributed by atoms with Crippen molar-refractivity contribution in [3.05, 3.63) is 22.2 Å². The van der Waals surface area contributed by atoms with Crippen LogP contribution in [0.4, 0.5) is 17.3 Å². The van der Waals surface area contributed by atoms with E-state index in [1.165, 1.54) is 18.6 Å².